The third-order valence-electron chi connectivity index (χ3n) is 22.2. The van der Waals surface area contributed by atoms with Crippen molar-refractivity contribution in [3.05, 3.63) is 268 Å². The maximum atomic E-state index is 2.69. The first-order chi connectivity index (χ1) is 40.1. The van der Waals surface area contributed by atoms with E-state index in [0.717, 1.165) is 11.8 Å². The lowest BCUT2D eigenvalue weighted by Gasteiger charge is -2.61. The third-order valence-corrected chi connectivity index (χ3v) is 22.2. The van der Waals surface area contributed by atoms with Gasteiger partial charge in [-0.15, -0.1) is 0 Å². The van der Waals surface area contributed by atoms with Crippen LogP contribution < -0.4 is 4.90 Å². The number of nitrogens with zero attached hydrogens (tertiary/aromatic N) is 1. The number of benzene rings is 10. The van der Waals surface area contributed by atoms with Crippen LogP contribution in [0.4, 0.5) is 17.1 Å². The molecule has 18 rings (SSSR count). The van der Waals surface area contributed by atoms with Crippen LogP contribution in [0.5, 0.6) is 0 Å². The van der Waals surface area contributed by atoms with Crippen LogP contribution in [-0.4, -0.2) is 0 Å². The van der Waals surface area contributed by atoms with Crippen molar-refractivity contribution in [1.29, 1.82) is 0 Å². The van der Waals surface area contributed by atoms with E-state index in [1.165, 1.54) is 160 Å². The normalized spacial score (nSPS) is 21.7. The Kier molecular flexibility index (Phi) is 10.2. The fourth-order valence-electron chi connectivity index (χ4n) is 18.8. The highest BCUT2D eigenvalue weighted by molar-refractivity contribution is 5.98. The molecule has 0 N–H and O–H groups in total. The highest BCUT2D eigenvalue weighted by atomic mass is 15.1. The van der Waals surface area contributed by atoms with Gasteiger partial charge in [-0.05, 0) is 225 Å². The second-order valence-electron chi connectivity index (χ2n) is 28.8. The van der Waals surface area contributed by atoms with Gasteiger partial charge in [-0.25, -0.2) is 0 Å². The molecule has 10 aromatic rings. The Hall–Kier alpha value is -8.00. The van der Waals surface area contributed by atoms with Crippen LogP contribution in [0, 0.1) is 23.7 Å². The average molecular weight is 1070 g/mol. The summed E-state index contributed by atoms with van der Waals surface area (Å²) in [5, 5.41) is 0. The first kappa shape index (κ1) is 49.6. The van der Waals surface area contributed by atoms with Gasteiger partial charge in [-0.1, -0.05) is 231 Å². The van der Waals surface area contributed by atoms with Crippen LogP contribution in [-0.2, 0) is 27.1 Å². The second-order valence-corrected chi connectivity index (χ2v) is 28.8. The minimum Gasteiger partial charge on any atom is -0.310 e. The van der Waals surface area contributed by atoms with E-state index >= 15 is 0 Å². The van der Waals surface area contributed by atoms with E-state index in [2.05, 4.69) is 273 Å². The molecule has 4 fully saturated rings. The number of fused-ring (bicyclic) bond motifs is 16. The van der Waals surface area contributed by atoms with Gasteiger partial charge >= 0.3 is 0 Å². The molecule has 0 heterocycles. The van der Waals surface area contributed by atoms with E-state index in [1.54, 1.807) is 11.1 Å². The van der Waals surface area contributed by atoms with Crippen LogP contribution >= 0.6 is 0 Å². The van der Waals surface area contributed by atoms with Gasteiger partial charge in [0.05, 0.1) is 5.41 Å². The van der Waals surface area contributed by atoms with Crippen molar-refractivity contribution in [2.24, 2.45) is 23.7 Å². The van der Waals surface area contributed by atoms with Gasteiger partial charge in [0, 0.05) is 27.9 Å². The molecule has 83 heavy (non-hydrogen) atoms. The molecule has 8 aliphatic carbocycles. The highest BCUT2D eigenvalue weighted by Crippen LogP contribution is 2.70. The highest BCUT2D eigenvalue weighted by Gasteiger charge is 2.62. The van der Waals surface area contributed by atoms with E-state index in [-0.39, 0.29) is 21.7 Å². The van der Waals surface area contributed by atoms with E-state index in [4.69, 9.17) is 0 Å². The van der Waals surface area contributed by atoms with Crippen molar-refractivity contribution >= 4 is 17.1 Å². The molecule has 1 nitrogen and oxygen atoms in total. The Morgan fingerprint density at radius 1 is 0.325 bits per heavy atom. The summed E-state index contributed by atoms with van der Waals surface area (Å²) in [5.74, 6) is 3.10. The average Bonchev–Trinajstić information content (AvgIpc) is 2.14. The largest absolute Gasteiger partial charge is 0.310 e. The molecule has 4 saturated carbocycles. The molecule has 406 valence electrons. The predicted octanol–water partition coefficient (Wildman–Crippen LogP) is 21.5. The minimum atomic E-state index is -0.504. The SMILES string of the molecule is CC(C)(C)c1ccc2c(c1)-c1cc(C(C)(C)C)ccc1C21c2ccccc2-c2ccc(N(c3ccc(-c4ccccc4-c4cccc5c4C(C)(C)c4ccccc4-5)cc3)c3ccc4c(c3)C3(c5ccccc5-4)C4CC5CC(C4)CC3C5)cc21. The summed E-state index contributed by atoms with van der Waals surface area (Å²) in [6.07, 6.45) is 6.88. The third kappa shape index (κ3) is 6.66. The fraction of sp³-hybridized carbons (Fsp3) is 0.268. The monoisotopic (exact) mass is 1070 g/mol. The molecule has 0 amide bonds. The van der Waals surface area contributed by atoms with Gasteiger partial charge in [-0.2, -0.15) is 0 Å². The Balaban J connectivity index is 0.874. The Labute approximate surface area is 492 Å². The van der Waals surface area contributed by atoms with Gasteiger partial charge in [0.1, 0.15) is 0 Å². The lowest BCUT2D eigenvalue weighted by Crippen LogP contribution is -2.55. The van der Waals surface area contributed by atoms with Crippen molar-refractivity contribution in [1.82, 2.24) is 0 Å². The topological polar surface area (TPSA) is 3.24 Å². The quantitative estimate of drug-likeness (QED) is 0.166. The lowest BCUT2D eigenvalue weighted by atomic mass is 9.43. The minimum absolute atomic E-state index is 0.000919. The van der Waals surface area contributed by atoms with Crippen LogP contribution in [0.2, 0.25) is 0 Å². The molecule has 2 spiro atoms. The molecule has 1 heteroatoms. The lowest BCUT2D eigenvalue weighted by molar-refractivity contribution is -0.0399. The molecule has 10 aromatic carbocycles. The summed E-state index contributed by atoms with van der Waals surface area (Å²) < 4.78 is 0. The fourth-order valence-corrected chi connectivity index (χ4v) is 18.8. The van der Waals surface area contributed by atoms with Crippen LogP contribution in [0.3, 0.4) is 0 Å². The predicted molar refractivity (Wildman–Crippen MR) is 347 cm³/mol. The molecule has 0 radical (unpaired) electrons. The van der Waals surface area contributed by atoms with E-state index in [1.807, 2.05) is 0 Å². The Morgan fingerprint density at radius 2 is 0.747 bits per heavy atom. The number of hydrogen-bond acceptors (Lipinski definition) is 1. The van der Waals surface area contributed by atoms with Gasteiger partial charge in [0.15, 0.2) is 0 Å². The molecular formula is C82H73N. The summed E-state index contributed by atoms with van der Waals surface area (Å²) in [6.45, 7) is 19.0. The summed E-state index contributed by atoms with van der Waals surface area (Å²) in [5.41, 5.74) is 33.4. The molecule has 8 aliphatic rings. The van der Waals surface area contributed by atoms with Crippen LogP contribution in [0.1, 0.15) is 143 Å². The molecule has 0 aliphatic heterocycles. The Bertz CT molecular complexity index is 4300. The summed E-state index contributed by atoms with van der Waals surface area (Å²) in [6, 6.07) is 83.8. The zero-order valence-corrected chi connectivity index (χ0v) is 49.5. The van der Waals surface area contributed by atoms with Crippen molar-refractivity contribution in [3.63, 3.8) is 0 Å². The molecule has 0 atom stereocenters. The van der Waals surface area contributed by atoms with Gasteiger partial charge < -0.3 is 4.90 Å². The molecule has 0 unspecified atom stereocenters. The van der Waals surface area contributed by atoms with Crippen LogP contribution in [0.15, 0.2) is 212 Å². The number of anilines is 3. The Morgan fingerprint density at radius 3 is 1.33 bits per heavy atom. The molecule has 0 aromatic heterocycles. The van der Waals surface area contributed by atoms with Crippen molar-refractivity contribution < 1.29 is 0 Å². The van der Waals surface area contributed by atoms with E-state index in [9.17, 15) is 0 Å². The van der Waals surface area contributed by atoms with Crippen molar-refractivity contribution in [2.75, 3.05) is 4.90 Å². The first-order valence-electron chi connectivity index (χ1n) is 31.2. The smallest absolute Gasteiger partial charge is 0.0726 e. The molecular weight excluding hydrogens is 999 g/mol. The zero-order valence-electron chi connectivity index (χ0n) is 49.5. The van der Waals surface area contributed by atoms with Gasteiger partial charge in [0.2, 0.25) is 0 Å². The summed E-state index contributed by atoms with van der Waals surface area (Å²) in [7, 11) is 0. The number of hydrogen-bond donors (Lipinski definition) is 0. The standard InChI is InChI=1S/C82H73N/c1-78(2,3)52-30-38-73-68(45-52)69-46-53(79(4,5)6)31-39-74(69)82(73)72-27-16-13-21-62(72)65-37-35-58(48-76(65)82)83(57-34-36-64-61-20-12-15-26-71(61)81(75(64)47-57)54-41-49-40-50(43-54)44-55(81)42-49)56-32-28-51(29-33-56)59-18-9-10-19-60(59)66-23-17-24-67-63-22-11-14-25-70(63)80(7,8)77(66)67/h9-39,45-50,54-55H,40-44H2,1-8H3. The molecule has 0 saturated heterocycles. The maximum absolute atomic E-state index is 2.69. The van der Waals surface area contributed by atoms with Crippen LogP contribution in [0.25, 0.3) is 66.8 Å². The number of rotatable bonds is 5. The van der Waals surface area contributed by atoms with Crippen molar-refractivity contribution in [3.8, 4) is 66.8 Å². The van der Waals surface area contributed by atoms with Gasteiger partial charge in [-0.3, -0.25) is 0 Å². The zero-order chi connectivity index (χ0) is 56.1. The van der Waals surface area contributed by atoms with Gasteiger partial charge in [0.25, 0.3) is 0 Å². The van der Waals surface area contributed by atoms with Crippen molar-refractivity contribution in [2.45, 2.75) is 115 Å². The summed E-state index contributed by atoms with van der Waals surface area (Å²) >= 11 is 0. The summed E-state index contributed by atoms with van der Waals surface area (Å²) in [4.78, 5) is 2.63. The maximum Gasteiger partial charge on any atom is 0.0726 e. The van der Waals surface area contributed by atoms with E-state index in [0.29, 0.717) is 11.8 Å². The molecule has 4 bridgehead atoms. The second kappa shape index (κ2) is 17.1. The first-order valence-corrected chi connectivity index (χ1v) is 31.2. The van der Waals surface area contributed by atoms with E-state index < -0.39 is 5.41 Å².